The van der Waals surface area contributed by atoms with E-state index in [1.54, 1.807) is 37.3 Å². The molecule has 0 fully saturated rings. The quantitative estimate of drug-likeness (QED) is 0.0204. The molecule has 0 saturated carbocycles. The Labute approximate surface area is 404 Å². The monoisotopic (exact) mass is 948 g/mol. The van der Waals surface area contributed by atoms with E-state index in [1.807, 2.05) is 60.7 Å². The molecule has 0 heterocycles. The molecule has 0 spiro atoms. The number of aromatic carboxylic acids is 1. The van der Waals surface area contributed by atoms with Crippen molar-refractivity contribution < 1.29 is 67.4 Å². The number of hydrogen-bond acceptors (Lipinski definition) is 12. The van der Waals surface area contributed by atoms with Crippen LogP contribution in [0.1, 0.15) is 67.8 Å². The highest BCUT2D eigenvalue weighted by molar-refractivity contribution is 6.06. The van der Waals surface area contributed by atoms with E-state index in [1.165, 1.54) is 12.1 Å². The number of carboxylic acid groups (broad SMARTS) is 2. The molecule has 5 aromatic rings. The fraction of sp³-hybridized carbons (Fsp3) is 0.250. The first kappa shape index (κ1) is 49.8. The van der Waals surface area contributed by atoms with E-state index in [0.29, 0.717) is 17.1 Å². The zero-order valence-corrected chi connectivity index (χ0v) is 38.5. The van der Waals surface area contributed by atoms with E-state index in [4.69, 9.17) is 28.4 Å². The summed E-state index contributed by atoms with van der Waals surface area (Å²) in [4.78, 5) is 74.1. The van der Waals surface area contributed by atoms with Crippen LogP contribution in [0.3, 0.4) is 0 Å². The summed E-state index contributed by atoms with van der Waals surface area (Å²) in [5.74, 6) is -5.78. The maximum atomic E-state index is 13.3. The minimum Gasteiger partial charge on any atom is -0.491 e. The van der Waals surface area contributed by atoms with Gasteiger partial charge in [-0.05, 0) is 83.5 Å². The molecule has 0 aliphatic heterocycles. The number of ether oxygens (including phenoxy) is 6. The lowest BCUT2D eigenvalue weighted by Gasteiger charge is -2.34. The molecule has 14 nitrogen and oxygen atoms in total. The second-order valence-corrected chi connectivity index (χ2v) is 16.8. The van der Waals surface area contributed by atoms with Crippen LogP contribution in [0.5, 0.6) is 11.5 Å². The van der Waals surface area contributed by atoms with Crippen LogP contribution in [0.15, 0.2) is 153 Å². The molecule has 0 aromatic heterocycles. The molecule has 0 radical (unpaired) electrons. The van der Waals surface area contributed by atoms with Gasteiger partial charge in [0.1, 0.15) is 44.0 Å². The third kappa shape index (κ3) is 11.3. The van der Waals surface area contributed by atoms with Crippen LogP contribution in [0.25, 0.3) is 11.1 Å². The minimum atomic E-state index is -1.21. The van der Waals surface area contributed by atoms with Gasteiger partial charge in [0, 0.05) is 24.1 Å². The van der Waals surface area contributed by atoms with Gasteiger partial charge in [-0.25, -0.2) is 14.4 Å². The number of rotatable bonds is 23. The lowest BCUT2D eigenvalue weighted by molar-refractivity contribution is -0.167. The molecule has 4 atom stereocenters. The summed E-state index contributed by atoms with van der Waals surface area (Å²) < 4.78 is 34.5. The number of ketones is 1. The Hall–Kier alpha value is -8.10. The SMILES string of the molecule is C=CC(=O)OCC(COc1ccc(C2(c3ccc(OCC(COC(=O)C=C)OC(=O)C4CC=CCC4C(=O)O)cc3)c3ccccc3-c3ccccc32)cc1)OCCC(=O)c1ccc(C)cc1C(=O)O. The molecule has 2 aliphatic carbocycles. The van der Waals surface area contributed by atoms with Gasteiger partial charge in [-0.3, -0.25) is 14.4 Å². The molecule has 0 amide bonds. The van der Waals surface area contributed by atoms with Crippen LogP contribution in [0.4, 0.5) is 0 Å². The zero-order chi connectivity index (χ0) is 49.8. The van der Waals surface area contributed by atoms with Gasteiger partial charge in [-0.1, -0.05) is 116 Å². The maximum absolute atomic E-state index is 13.3. The van der Waals surface area contributed by atoms with Crippen LogP contribution in [-0.4, -0.2) is 91.1 Å². The molecule has 70 heavy (non-hydrogen) atoms. The van der Waals surface area contributed by atoms with Crippen molar-refractivity contribution in [3.8, 4) is 22.6 Å². The summed E-state index contributed by atoms with van der Waals surface area (Å²) in [6.07, 6.45) is 3.91. The Morgan fingerprint density at radius 1 is 0.643 bits per heavy atom. The van der Waals surface area contributed by atoms with E-state index in [9.17, 15) is 39.0 Å². The Bertz CT molecular complexity index is 2740. The average Bonchev–Trinajstić information content (AvgIpc) is 3.68. The van der Waals surface area contributed by atoms with Crippen molar-refractivity contribution >= 4 is 35.6 Å². The van der Waals surface area contributed by atoms with Crippen molar-refractivity contribution in [1.82, 2.24) is 0 Å². The highest BCUT2D eigenvalue weighted by Crippen LogP contribution is 2.56. The van der Waals surface area contributed by atoms with Gasteiger partial charge in [0.2, 0.25) is 0 Å². The summed E-state index contributed by atoms with van der Waals surface area (Å²) in [6.45, 7) is 7.72. The highest BCUT2D eigenvalue weighted by Gasteiger charge is 2.46. The van der Waals surface area contributed by atoms with Gasteiger partial charge in [-0.2, -0.15) is 0 Å². The largest absolute Gasteiger partial charge is 0.491 e. The lowest BCUT2D eigenvalue weighted by Crippen LogP contribution is -2.37. The van der Waals surface area contributed by atoms with Gasteiger partial charge in [-0.15, -0.1) is 0 Å². The molecule has 7 rings (SSSR count). The van der Waals surface area contributed by atoms with E-state index in [-0.39, 0.29) is 63.4 Å². The van der Waals surface area contributed by atoms with E-state index >= 15 is 0 Å². The number of Topliss-reactive ketones (excluding diaryl/α,β-unsaturated/α-hetero) is 1. The average molecular weight is 949 g/mol. The first-order valence-corrected chi connectivity index (χ1v) is 22.7. The summed E-state index contributed by atoms with van der Waals surface area (Å²) >= 11 is 0. The molecule has 14 heteroatoms. The van der Waals surface area contributed by atoms with Crippen molar-refractivity contribution in [2.45, 2.75) is 43.8 Å². The fourth-order valence-corrected chi connectivity index (χ4v) is 8.86. The molecule has 0 bridgehead atoms. The zero-order valence-electron chi connectivity index (χ0n) is 38.5. The van der Waals surface area contributed by atoms with Crippen LogP contribution in [-0.2, 0) is 43.5 Å². The number of carbonyl (C=O) groups excluding carboxylic acids is 4. The van der Waals surface area contributed by atoms with Gasteiger partial charge in [0.05, 0.1) is 29.4 Å². The second kappa shape index (κ2) is 22.8. The summed E-state index contributed by atoms with van der Waals surface area (Å²) in [5.41, 5.74) is 5.91. The van der Waals surface area contributed by atoms with Crippen LogP contribution in [0, 0.1) is 18.8 Å². The lowest BCUT2D eigenvalue weighted by atomic mass is 9.68. The predicted octanol–water partition coefficient (Wildman–Crippen LogP) is 8.51. The Morgan fingerprint density at radius 3 is 1.69 bits per heavy atom. The number of allylic oxidation sites excluding steroid dienone is 2. The first-order valence-electron chi connectivity index (χ1n) is 22.7. The van der Waals surface area contributed by atoms with Gasteiger partial charge in [0.25, 0.3) is 0 Å². The predicted molar refractivity (Wildman–Crippen MR) is 257 cm³/mol. The molecule has 2 N–H and O–H groups in total. The Morgan fingerprint density at radius 2 is 1.16 bits per heavy atom. The van der Waals surface area contributed by atoms with Gasteiger partial charge >= 0.3 is 29.8 Å². The van der Waals surface area contributed by atoms with Crippen molar-refractivity contribution in [2.24, 2.45) is 11.8 Å². The second-order valence-electron chi connectivity index (χ2n) is 16.8. The standard InChI is InChI=1S/C56H52O14/c1-4-51(58)68-32-40(65-29-28-50(57)44-27-18-35(3)30-47(44)54(62)63)31-66-38-23-19-36(20-24-38)56(48-16-10-8-12-42(48)43-13-9-11-17-49(43)56)37-21-25-39(26-22-37)67-33-41(34-69-52(59)5-2)70-55(64)46-15-7-6-14-45(46)53(60)61/h4-13,16-27,30,40-41,45-46H,1-2,14-15,28-29,31-34H2,3H3,(H,60,61)(H,62,63). The molecular weight excluding hydrogens is 897 g/mol. The van der Waals surface area contributed by atoms with E-state index < -0.39 is 65.1 Å². The van der Waals surface area contributed by atoms with Crippen molar-refractivity contribution in [2.75, 3.05) is 33.0 Å². The summed E-state index contributed by atoms with van der Waals surface area (Å²) in [5, 5.41) is 19.4. The normalized spacial score (nSPS) is 16.0. The van der Waals surface area contributed by atoms with E-state index in [2.05, 4.69) is 37.4 Å². The molecular formula is C56H52O14. The number of aliphatic carboxylic acids is 1. The molecule has 360 valence electrons. The Kier molecular flexibility index (Phi) is 16.2. The smallest absolute Gasteiger partial charge is 0.336 e. The number of benzene rings is 5. The number of fused-ring (bicyclic) bond motifs is 3. The highest BCUT2D eigenvalue weighted by atomic mass is 16.6. The first-order chi connectivity index (χ1) is 33.8. The third-order valence-corrected chi connectivity index (χ3v) is 12.3. The van der Waals surface area contributed by atoms with Crippen molar-refractivity contribution in [3.05, 3.63) is 192 Å². The third-order valence-electron chi connectivity index (χ3n) is 12.3. The molecule has 2 aliphatic rings. The van der Waals surface area contributed by atoms with Crippen LogP contribution in [0.2, 0.25) is 0 Å². The number of carbonyl (C=O) groups is 6. The van der Waals surface area contributed by atoms with Crippen molar-refractivity contribution in [3.63, 3.8) is 0 Å². The topological polar surface area (TPSA) is 198 Å². The van der Waals surface area contributed by atoms with Crippen LogP contribution >= 0.6 is 0 Å². The van der Waals surface area contributed by atoms with Crippen LogP contribution < -0.4 is 9.47 Å². The molecule has 0 saturated heterocycles. The Balaban J connectivity index is 1.10. The summed E-state index contributed by atoms with van der Waals surface area (Å²) in [6, 6.07) is 36.1. The number of carboxylic acids is 2. The fourth-order valence-electron chi connectivity index (χ4n) is 8.86. The minimum absolute atomic E-state index is 0.0569. The summed E-state index contributed by atoms with van der Waals surface area (Å²) in [7, 11) is 0. The molecule has 4 unspecified atom stereocenters. The molecule has 5 aromatic carbocycles. The number of esters is 3. The van der Waals surface area contributed by atoms with E-state index in [0.717, 1.165) is 45.5 Å². The van der Waals surface area contributed by atoms with Gasteiger partial charge in [0.15, 0.2) is 11.9 Å². The van der Waals surface area contributed by atoms with Crippen molar-refractivity contribution in [1.29, 1.82) is 0 Å². The number of aryl methyl sites for hydroxylation is 1. The van der Waals surface area contributed by atoms with Gasteiger partial charge < -0.3 is 38.6 Å². The number of hydrogen-bond donors (Lipinski definition) is 2. The maximum Gasteiger partial charge on any atom is 0.336 e.